The highest BCUT2D eigenvalue weighted by atomic mass is 16.5. The van der Waals surface area contributed by atoms with Crippen LogP contribution in [0.5, 0.6) is 0 Å². The molecule has 1 aromatic carbocycles. The van der Waals surface area contributed by atoms with Crippen molar-refractivity contribution in [2.75, 3.05) is 18.4 Å². The fraction of sp³-hybridized carbons (Fsp3) is 0.318. The second-order valence-corrected chi connectivity index (χ2v) is 7.11. The summed E-state index contributed by atoms with van der Waals surface area (Å²) in [6.45, 7) is 2.11. The fourth-order valence-electron chi connectivity index (χ4n) is 3.68. The van der Waals surface area contributed by atoms with Crippen molar-refractivity contribution in [2.24, 2.45) is 0 Å². The molecule has 144 valence electrons. The number of anilines is 1. The van der Waals surface area contributed by atoms with Gasteiger partial charge in [0.25, 0.3) is 5.91 Å². The van der Waals surface area contributed by atoms with Gasteiger partial charge in [-0.2, -0.15) is 0 Å². The van der Waals surface area contributed by atoms with E-state index in [2.05, 4.69) is 39.7 Å². The van der Waals surface area contributed by atoms with Crippen LogP contribution in [0.3, 0.4) is 0 Å². The van der Waals surface area contributed by atoms with Gasteiger partial charge in [-0.1, -0.05) is 35.5 Å². The van der Waals surface area contributed by atoms with Gasteiger partial charge in [-0.15, -0.1) is 0 Å². The Bertz CT molecular complexity index is 879. The van der Waals surface area contributed by atoms with Crippen LogP contribution in [0.15, 0.2) is 65.5 Å². The number of aromatic nitrogens is 2. The maximum absolute atomic E-state index is 12.9. The van der Waals surface area contributed by atoms with Crippen molar-refractivity contribution < 1.29 is 9.32 Å². The minimum atomic E-state index is 0.0595. The second kappa shape index (κ2) is 8.69. The number of pyridine rings is 1. The van der Waals surface area contributed by atoms with E-state index in [0.717, 1.165) is 38.0 Å². The number of nitrogens with one attached hydrogen (secondary N) is 1. The van der Waals surface area contributed by atoms with Crippen LogP contribution < -0.4 is 5.32 Å². The van der Waals surface area contributed by atoms with Crippen molar-refractivity contribution >= 4 is 11.7 Å². The van der Waals surface area contributed by atoms with Crippen LogP contribution in [0.2, 0.25) is 0 Å². The van der Waals surface area contributed by atoms with Gasteiger partial charge in [-0.05, 0) is 42.9 Å². The van der Waals surface area contributed by atoms with E-state index < -0.39 is 0 Å². The van der Waals surface area contributed by atoms with Crippen molar-refractivity contribution in [1.29, 1.82) is 0 Å². The van der Waals surface area contributed by atoms with E-state index in [-0.39, 0.29) is 5.91 Å². The topological polar surface area (TPSA) is 71.3 Å². The summed E-state index contributed by atoms with van der Waals surface area (Å²) in [7, 11) is 0. The highest BCUT2D eigenvalue weighted by Gasteiger charge is 2.22. The molecule has 0 bridgehead atoms. The molecule has 0 saturated carbocycles. The molecule has 3 heterocycles. The third kappa shape index (κ3) is 4.39. The zero-order chi connectivity index (χ0) is 19.2. The van der Waals surface area contributed by atoms with Crippen LogP contribution in [-0.4, -0.2) is 34.0 Å². The van der Waals surface area contributed by atoms with Gasteiger partial charge in [0.15, 0.2) is 0 Å². The maximum atomic E-state index is 12.9. The molecule has 1 aliphatic heterocycles. The van der Waals surface area contributed by atoms with Crippen LogP contribution in [0.25, 0.3) is 0 Å². The Labute approximate surface area is 164 Å². The summed E-state index contributed by atoms with van der Waals surface area (Å²) in [5.74, 6) is 1.30. The lowest BCUT2D eigenvalue weighted by Crippen LogP contribution is -2.32. The van der Waals surface area contributed by atoms with E-state index in [0.29, 0.717) is 23.8 Å². The monoisotopic (exact) mass is 376 g/mol. The summed E-state index contributed by atoms with van der Waals surface area (Å²) in [4.78, 5) is 19.2. The minimum absolute atomic E-state index is 0.0595. The summed E-state index contributed by atoms with van der Waals surface area (Å²) < 4.78 is 4.81. The molecule has 0 spiro atoms. The Hall–Kier alpha value is -3.15. The van der Waals surface area contributed by atoms with E-state index in [1.165, 1.54) is 11.8 Å². The molecule has 1 amide bonds. The summed E-state index contributed by atoms with van der Waals surface area (Å²) in [5.41, 5.74) is 2.81. The third-order valence-electron chi connectivity index (χ3n) is 5.24. The quantitative estimate of drug-likeness (QED) is 0.726. The first-order valence-corrected chi connectivity index (χ1v) is 9.73. The average molecular weight is 376 g/mol. The Balaban J connectivity index is 1.34. The number of hydrogen-bond acceptors (Lipinski definition) is 5. The van der Waals surface area contributed by atoms with Gasteiger partial charge in [0.1, 0.15) is 17.8 Å². The SMILES string of the molecule is O=C(c1ccc(NCc2ccon2)nc1)N1CCCC(c2ccccc2)CC1. The summed E-state index contributed by atoms with van der Waals surface area (Å²) in [6, 6.07) is 16.1. The molecule has 6 heteroatoms. The van der Waals surface area contributed by atoms with Crippen molar-refractivity contribution in [3.8, 4) is 0 Å². The third-order valence-corrected chi connectivity index (χ3v) is 5.24. The molecule has 1 aliphatic rings. The molecule has 3 aromatic rings. The van der Waals surface area contributed by atoms with Gasteiger partial charge < -0.3 is 14.7 Å². The highest BCUT2D eigenvalue weighted by molar-refractivity contribution is 5.94. The lowest BCUT2D eigenvalue weighted by molar-refractivity contribution is 0.0760. The van der Waals surface area contributed by atoms with Gasteiger partial charge in [0.2, 0.25) is 0 Å². The Morgan fingerprint density at radius 1 is 1.11 bits per heavy atom. The molecule has 1 unspecified atom stereocenters. The van der Waals surface area contributed by atoms with Gasteiger partial charge in [0, 0.05) is 25.4 Å². The lowest BCUT2D eigenvalue weighted by Gasteiger charge is -2.21. The Kier molecular flexibility index (Phi) is 5.66. The van der Waals surface area contributed by atoms with Crippen LogP contribution in [0, 0.1) is 0 Å². The van der Waals surface area contributed by atoms with Crippen molar-refractivity contribution in [3.05, 3.63) is 77.8 Å². The van der Waals surface area contributed by atoms with E-state index in [1.54, 1.807) is 12.3 Å². The smallest absolute Gasteiger partial charge is 0.255 e. The van der Waals surface area contributed by atoms with Gasteiger partial charge in [-0.3, -0.25) is 4.79 Å². The number of nitrogens with zero attached hydrogens (tertiary/aromatic N) is 3. The van der Waals surface area contributed by atoms with Gasteiger partial charge in [0.05, 0.1) is 12.1 Å². The predicted molar refractivity (Wildman–Crippen MR) is 107 cm³/mol. The number of carbonyl (C=O) groups excluding carboxylic acids is 1. The predicted octanol–water partition coefficient (Wildman–Crippen LogP) is 4.09. The number of amides is 1. The largest absolute Gasteiger partial charge is 0.364 e. The van der Waals surface area contributed by atoms with Crippen LogP contribution in [0.4, 0.5) is 5.82 Å². The number of hydrogen-bond donors (Lipinski definition) is 1. The molecule has 4 rings (SSSR count). The number of rotatable bonds is 5. The Morgan fingerprint density at radius 3 is 2.75 bits per heavy atom. The fourth-order valence-corrected chi connectivity index (χ4v) is 3.68. The molecule has 1 atom stereocenters. The summed E-state index contributed by atoms with van der Waals surface area (Å²) >= 11 is 0. The molecule has 0 aliphatic carbocycles. The van der Waals surface area contributed by atoms with Crippen molar-refractivity contribution in [1.82, 2.24) is 15.0 Å². The summed E-state index contributed by atoms with van der Waals surface area (Å²) in [6.07, 6.45) is 6.33. The Morgan fingerprint density at radius 2 is 2.00 bits per heavy atom. The highest BCUT2D eigenvalue weighted by Crippen LogP contribution is 2.28. The molecule has 1 saturated heterocycles. The van der Waals surface area contributed by atoms with E-state index >= 15 is 0 Å². The van der Waals surface area contributed by atoms with Crippen molar-refractivity contribution in [3.63, 3.8) is 0 Å². The standard InChI is InChI=1S/C22H24N4O2/c27-22(19-8-9-21(23-15-19)24-16-20-11-14-28-25-20)26-12-4-7-18(10-13-26)17-5-2-1-3-6-17/h1-3,5-6,8-9,11,14-15,18H,4,7,10,12-13,16H2,(H,23,24). The molecular weight excluding hydrogens is 352 g/mol. The number of benzene rings is 1. The number of carbonyl (C=O) groups is 1. The van der Waals surface area contributed by atoms with E-state index in [9.17, 15) is 4.79 Å². The lowest BCUT2D eigenvalue weighted by atomic mass is 9.92. The molecule has 28 heavy (non-hydrogen) atoms. The van der Waals surface area contributed by atoms with E-state index in [4.69, 9.17) is 4.52 Å². The average Bonchev–Trinajstić information content (AvgIpc) is 3.15. The molecule has 1 N–H and O–H groups in total. The molecule has 6 nitrogen and oxygen atoms in total. The van der Waals surface area contributed by atoms with Crippen LogP contribution in [0.1, 0.15) is 46.8 Å². The molecule has 1 fully saturated rings. The second-order valence-electron chi connectivity index (χ2n) is 7.11. The summed E-state index contributed by atoms with van der Waals surface area (Å²) in [5, 5.41) is 7.02. The first kappa shape index (κ1) is 18.2. The zero-order valence-corrected chi connectivity index (χ0v) is 15.8. The number of likely N-dealkylation sites (tertiary alicyclic amines) is 1. The van der Waals surface area contributed by atoms with Crippen LogP contribution in [-0.2, 0) is 6.54 Å². The van der Waals surface area contributed by atoms with Gasteiger partial charge in [-0.25, -0.2) is 4.98 Å². The van der Waals surface area contributed by atoms with Gasteiger partial charge >= 0.3 is 0 Å². The normalized spacial score (nSPS) is 17.1. The molecular formula is C22H24N4O2. The molecule has 0 radical (unpaired) electrons. The van der Waals surface area contributed by atoms with Crippen molar-refractivity contribution in [2.45, 2.75) is 31.7 Å². The molecule has 2 aromatic heterocycles. The first-order valence-electron chi connectivity index (χ1n) is 9.73. The first-order chi connectivity index (χ1) is 13.8. The maximum Gasteiger partial charge on any atom is 0.255 e. The minimum Gasteiger partial charge on any atom is -0.364 e. The van der Waals surface area contributed by atoms with E-state index in [1.807, 2.05) is 23.1 Å². The zero-order valence-electron chi connectivity index (χ0n) is 15.8. The van der Waals surface area contributed by atoms with Crippen LogP contribution >= 0.6 is 0 Å².